The lowest BCUT2D eigenvalue weighted by molar-refractivity contribution is -0.152. The lowest BCUT2D eigenvalue weighted by atomic mass is 9.66. The number of amides is 3. The number of carboxylic acid groups (broad SMARTS) is 1. The van der Waals surface area contributed by atoms with Crippen molar-refractivity contribution in [3.63, 3.8) is 0 Å². The van der Waals surface area contributed by atoms with Crippen LogP contribution in [0.5, 0.6) is 0 Å². The van der Waals surface area contributed by atoms with E-state index in [0.29, 0.717) is 11.4 Å². The number of carbonyl (C=O) groups excluding carboxylic acids is 2. The fraction of sp³-hybridized carbons (Fsp3) is 0.476. The van der Waals surface area contributed by atoms with Crippen molar-refractivity contribution in [2.45, 2.75) is 45.3 Å². The van der Waals surface area contributed by atoms with Crippen molar-refractivity contribution in [2.75, 3.05) is 12.4 Å². The molecule has 3 N–H and O–H groups in total. The van der Waals surface area contributed by atoms with Gasteiger partial charge in [0, 0.05) is 6.20 Å². The molecule has 2 aromatic rings. The highest BCUT2D eigenvalue weighted by atomic mass is 35.5. The highest BCUT2D eigenvalue weighted by molar-refractivity contribution is 6.27. The van der Waals surface area contributed by atoms with Crippen LogP contribution in [-0.2, 0) is 9.59 Å². The third-order valence-electron chi connectivity index (χ3n) is 5.56. The van der Waals surface area contributed by atoms with E-state index in [1.54, 1.807) is 39.8 Å². The topological polar surface area (TPSA) is 129 Å². The quantitative estimate of drug-likeness (QED) is 0.543. The van der Waals surface area contributed by atoms with Crippen LogP contribution in [-0.4, -0.2) is 66.7 Å². The average molecular weight is 481 g/mol. The summed E-state index contributed by atoms with van der Waals surface area (Å²) in [5.41, 5.74) is -1.48. The van der Waals surface area contributed by atoms with Gasteiger partial charge in [0.2, 0.25) is 11.8 Å². The number of pyridine rings is 1. The lowest BCUT2D eigenvalue weighted by Crippen LogP contribution is -2.85. The Labute approximate surface area is 195 Å². The van der Waals surface area contributed by atoms with E-state index in [9.17, 15) is 23.9 Å². The monoisotopic (exact) mass is 480 g/mol. The zero-order chi connectivity index (χ0) is 24.6. The molecule has 3 heterocycles. The van der Waals surface area contributed by atoms with Crippen LogP contribution in [0, 0.1) is 11.2 Å². The molecule has 1 fully saturated rings. The van der Waals surface area contributed by atoms with Crippen LogP contribution in [0.1, 0.15) is 39.3 Å². The Balaban J connectivity index is 1.83. The van der Waals surface area contributed by atoms with Gasteiger partial charge in [-0.1, -0.05) is 26.8 Å². The minimum absolute atomic E-state index is 0.201. The molecule has 33 heavy (non-hydrogen) atoms. The minimum Gasteiger partial charge on any atom is -0.465 e. The van der Waals surface area contributed by atoms with Crippen LogP contribution < -0.4 is 10.6 Å². The molecule has 1 aliphatic rings. The molecule has 0 saturated carbocycles. The number of nitrogens with one attached hydrogen (secondary N) is 2. The highest BCUT2D eigenvalue weighted by Crippen LogP contribution is 2.42. The Morgan fingerprint density at radius 2 is 2.03 bits per heavy atom. The first-order chi connectivity index (χ1) is 15.4. The summed E-state index contributed by atoms with van der Waals surface area (Å²) in [5, 5.41) is 18.9. The molecular weight excluding hydrogens is 455 g/mol. The van der Waals surface area contributed by atoms with Gasteiger partial charge in [0.05, 0.1) is 31.0 Å². The molecule has 3 amide bonds. The van der Waals surface area contributed by atoms with E-state index < -0.39 is 46.8 Å². The summed E-state index contributed by atoms with van der Waals surface area (Å²) in [6.07, 6.45) is 2.60. The number of hydrogen-bond acceptors (Lipinski definition) is 5. The number of nitrogens with zero attached hydrogens (tertiary/aromatic N) is 4. The summed E-state index contributed by atoms with van der Waals surface area (Å²) in [6, 6.07) is 2.01. The third-order valence-corrected chi connectivity index (χ3v) is 5.80. The molecule has 0 bridgehead atoms. The summed E-state index contributed by atoms with van der Waals surface area (Å²) in [4.78, 5) is 42.7. The Morgan fingerprint density at radius 3 is 2.52 bits per heavy atom. The van der Waals surface area contributed by atoms with E-state index >= 15 is 0 Å². The van der Waals surface area contributed by atoms with E-state index in [-0.39, 0.29) is 12.4 Å². The standard InChI is InChI=1S/C21H26ClFN6O4/c1-12(13-5-6-15(24-8-13)29-10-14(23)9-25-29)26-18(31)21(27-16(30)7-22)11-28(19(32)33)17(21)20(2,3)4/h5-6,8-10,12,17H,7,11H2,1-4H3,(H,26,31)(H,27,30)(H,32,33). The van der Waals surface area contributed by atoms with Gasteiger partial charge in [0.1, 0.15) is 5.88 Å². The molecule has 3 atom stereocenters. The van der Waals surface area contributed by atoms with Gasteiger partial charge in [-0.05, 0) is 24.0 Å². The Morgan fingerprint density at radius 1 is 1.33 bits per heavy atom. The number of carbonyl (C=O) groups is 3. The summed E-state index contributed by atoms with van der Waals surface area (Å²) < 4.78 is 14.5. The zero-order valence-corrected chi connectivity index (χ0v) is 19.4. The van der Waals surface area contributed by atoms with Crippen LogP contribution >= 0.6 is 11.6 Å². The first-order valence-corrected chi connectivity index (χ1v) is 10.8. The van der Waals surface area contributed by atoms with Gasteiger partial charge in [-0.25, -0.2) is 18.9 Å². The molecule has 12 heteroatoms. The van der Waals surface area contributed by atoms with Crippen LogP contribution in [0.3, 0.4) is 0 Å². The van der Waals surface area contributed by atoms with Crippen molar-refractivity contribution >= 4 is 29.5 Å². The molecule has 0 spiro atoms. The summed E-state index contributed by atoms with van der Waals surface area (Å²) >= 11 is 5.66. The maximum atomic E-state index is 13.4. The van der Waals surface area contributed by atoms with Crippen molar-refractivity contribution in [1.82, 2.24) is 30.3 Å². The Kier molecular flexibility index (Phi) is 6.64. The fourth-order valence-electron chi connectivity index (χ4n) is 4.25. The van der Waals surface area contributed by atoms with Crippen molar-refractivity contribution in [2.24, 2.45) is 5.41 Å². The molecule has 0 aromatic carbocycles. The molecule has 10 nitrogen and oxygen atoms in total. The molecule has 2 aromatic heterocycles. The van der Waals surface area contributed by atoms with Crippen molar-refractivity contribution in [1.29, 1.82) is 0 Å². The van der Waals surface area contributed by atoms with Gasteiger partial charge in [-0.2, -0.15) is 5.10 Å². The first kappa shape index (κ1) is 24.4. The molecule has 1 aliphatic heterocycles. The number of rotatable bonds is 6. The minimum atomic E-state index is -1.48. The van der Waals surface area contributed by atoms with Gasteiger partial charge < -0.3 is 15.7 Å². The average Bonchev–Trinajstić information content (AvgIpc) is 3.15. The second kappa shape index (κ2) is 8.97. The van der Waals surface area contributed by atoms with Crippen molar-refractivity contribution in [3.05, 3.63) is 42.1 Å². The second-order valence-electron chi connectivity index (χ2n) is 9.08. The number of alkyl halides is 1. The van der Waals surface area contributed by atoms with Crippen LogP contribution in [0.25, 0.3) is 5.82 Å². The SMILES string of the molecule is CC(NC(=O)C1(NC(=O)CCl)CN(C(=O)O)C1C(C)(C)C)c1ccc(-n2cc(F)cn2)nc1. The number of aromatic nitrogens is 3. The number of halogens is 2. The van der Waals surface area contributed by atoms with Crippen LogP contribution in [0.15, 0.2) is 30.7 Å². The van der Waals surface area contributed by atoms with E-state index in [0.717, 1.165) is 11.1 Å². The molecule has 0 radical (unpaired) electrons. The van der Waals surface area contributed by atoms with E-state index in [2.05, 4.69) is 20.7 Å². The predicted molar refractivity (Wildman–Crippen MR) is 117 cm³/mol. The molecule has 0 aliphatic carbocycles. The van der Waals surface area contributed by atoms with E-state index in [1.807, 2.05) is 0 Å². The third kappa shape index (κ3) is 4.77. The highest BCUT2D eigenvalue weighted by Gasteiger charge is 2.64. The van der Waals surface area contributed by atoms with Gasteiger partial charge >= 0.3 is 6.09 Å². The summed E-state index contributed by atoms with van der Waals surface area (Å²) in [6.45, 7) is 6.93. The van der Waals surface area contributed by atoms with Crippen molar-refractivity contribution < 1.29 is 23.9 Å². The summed E-state index contributed by atoms with van der Waals surface area (Å²) in [7, 11) is 0. The van der Waals surface area contributed by atoms with Gasteiger partial charge in [-0.15, -0.1) is 11.6 Å². The second-order valence-corrected chi connectivity index (χ2v) is 9.35. The molecular formula is C21H26ClFN6O4. The fourth-order valence-corrected chi connectivity index (χ4v) is 4.32. The van der Waals surface area contributed by atoms with E-state index in [4.69, 9.17) is 11.6 Å². The smallest absolute Gasteiger partial charge is 0.407 e. The Hall–Kier alpha value is -3.21. The largest absolute Gasteiger partial charge is 0.465 e. The molecule has 1 saturated heterocycles. The lowest BCUT2D eigenvalue weighted by Gasteiger charge is -2.59. The normalized spacial score (nSPS) is 21.2. The number of hydrogen-bond donors (Lipinski definition) is 3. The van der Waals surface area contributed by atoms with Gasteiger partial charge in [0.25, 0.3) is 0 Å². The molecule has 178 valence electrons. The van der Waals surface area contributed by atoms with Gasteiger partial charge in [-0.3, -0.25) is 14.5 Å². The van der Waals surface area contributed by atoms with Crippen LogP contribution in [0.4, 0.5) is 9.18 Å². The maximum Gasteiger partial charge on any atom is 0.407 e. The molecule has 3 unspecified atom stereocenters. The maximum absolute atomic E-state index is 13.4. The predicted octanol–water partition coefficient (Wildman–Crippen LogP) is 2.09. The number of likely N-dealkylation sites (tertiary alicyclic amines) is 1. The molecule has 3 rings (SSSR count). The van der Waals surface area contributed by atoms with Gasteiger partial charge in [0.15, 0.2) is 17.2 Å². The van der Waals surface area contributed by atoms with Crippen LogP contribution in [0.2, 0.25) is 0 Å². The van der Waals surface area contributed by atoms with Crippen molar-refractivity contribution in [3.8, 4) is 5.82 Å². The van der Waals surface area contributed by atoms with E-state index in [1.165, 1.54) is 17.1 Å². The summed E-state index contributed by atoms with van der Waals surface area (Å²) in [5.74, 6) is -1.56. The first-order valence-electron chi connectivity index (χ1n) is 10.2. The zero-order valence-electron chi connectivity index (χ0n) is 18.7. The Bertz CT molecular complexity index is 1050.